The van der Waals surface area contributed by atoms with Crippen LogP contribution in [0, 0.1) is 0 Å². The summed E-state index contributed by atoms with van der Waals surface area (Å²) in [6, 6.07) is 7.24. The number of carboxylic acids is 1. The fraction of sp³-hybridized carbons (Fsp3) is 0.375. The van der Waals surface area contributed by atoms with E-state index in [-0.39, 0.29) is 17.5 Å². The highest BCUT2D eigenvalue weighted by Crippen LogP contribution is 2.35. The summed E-state index contributed by atoms with van der Waals surface area (Å²) in [7, 11) is 0. The van der Waals surface area contributed by atoms with E-state index in [2.05, 4.69) is 10.5 Å². The molecule has 1 aromatic heterocycles. The first kappa shape index (κ1) is 18.6. The maximum Gasteiger partial charge on any atom is 0.300 e. The second kappa shape index (κ2) is 8.37. The molecule has 1 aliphatic heterocycles. The highest BCUT2D eigenvalue weighted by molar-refractivity contribution is 6.34. The zero-order valence-corrected chi connectivity index (χ0v) is 14.5. The molecule has 0 unspecified atom stereocenters. The summed E-state index contributed by atoms with van der Waals surface area (Å²) in [4.78, 5) is 20.2. The Hall–Kier alpha value is -1.76. The maximum absolute atomic E-state index is 11.2. The van der Waals surface area contributed by atoms with Crippen LogP contribution in [0.3, 0.4) is 0 Å². The lowest BCUT2D eigenvalue weighted by molar-refractivity contribution is -0.134. The van der Waals surface area contributed by atoms with E-state index in [4.69, 9.17) is 37.6 Å². The van der Waals surface area contributed by atoms with Gasteiger partial charge in [-0.25, -0.2) is 0 Å². The highest BCUT2D eigenvalue weighted by atomic mass is 35.5. The van der Waals surface area contributed by atoms with E-state index < -0.39 is 5.97 Å². The van der Waals surface area contributed by atoms with Gasteiger partial charge in [0.15, 0.2) is 0 Å². The fourth-order valence-electron chi connectivity index (χ4n) is 2.70. The van der Waals surface area contributed by atoms with Crippen molar-refractivity contribution >= 4 is 29.2 Å². The molecule has 1 saturated heterocycles. The molecule has 0 radical (unpaired) electrons. The molecular formula is C16H18Cl2N2O4. The lowest BCUT2D eigenvalue weighted by Gasteiger charge is -2.29. The second-order valence-corrected chi connectivity index (χ2v) is 6.44. The van der Waals surface area contributed by atoms with Gasteiger partial charge in [-0.1, -0.05) is 23.2 Å². The quantitative estimate of drug-likeness (QED) is 0.748. The van der Waals surface area contributed by atoms with Crippen molar-refractivity contribution in [2.24, 2.45) is 0 Å². The number of halogens is 2. The predicted molar refractivity (Wildman–Crippen MR) is 91.8 cm³/mol. The average Bonchev–Trinajstić information content (AvgIpc) is 2.92. The number of piperidine rings is 1. The van der Waals surface area contributed by atoms with E-state index in [0.29, 0.717) is 10.0 Å². The van der Waals surface area contributed by atoms with Gasteiger partial charge in [0, 0.05) is 35.0 Å². The van der Waals surface area contributed by atoms with Crippen LogP contribution in [0.5, 0.6) is 0 Å². The van der Waals surface area contributed by atoms with Crippen LogP contribution in [0.2, 0.25) is 10.0 Å². The number of aromatic amines is 1. The maximum atomic E-state index is 11.2. The number of carbonyl (C=O) groups is 1. The van der Waals surface area contributed by atoms with Crippen molar-refractivity contribution in [3.8, 4) is 0 Å². The van der Waals surface area contributed by atoms with E-state index in [1.54, 1.807) is 6.07 Å². The summed E-state index contributed by atoms with van der Waals surface area (Å²) < 4.78 is 5.22. The minimum absolute atomic E-state index is 0.158. The summed E-state index contributed by atoms with van der Waals surface area (Å²) in [5, 5.41) is 14.5. The fourth-order valence-corrected chi connectivity index (χ4v) is 3.25. The van der Waals surface area contributed by atoms with Crippen molar-refractivity contribution in [3.05, 3.63) is 56.0 Å². The number of carboxylic acid groups (broad SMARTS) is 1. The average molecular weight is 373 g/mol. The van der Waals surface area contributed by atoms with Gasteiger partial charge in [-0.2, -0.15) is 5.16 Å². The zero-order valence-electron chi connectivity index (χ0n) is 13.0. The zero-order chi connectivity index (χ0) is 17.7. The summed E-state index contributed by atoms with van der Waals surface area (Å²) in [6.45, 7) is 1.94. The van der Waals surface area contributed by atoms with Crippen LogP contribution in [0.25, 0.3) is 0 Å². The third-order valence-electron chi connectivity index (χ3n) is 3.64. The molecule has 2 aromatic rings. The van der Waals surface area contributed by atoms with Crippen molar-refractivity contribution in [1.29, 1.82) is 0 Å². The second-order valence-electron chi connectivity index (χ2n) is 5.56. The Labute approximate surface area is 148 Å². The summed E-state index contributed by atoms with van der Waals surface area (Å²) >= 11 is 12.1. The lowest BCUT2D eigenvalue weighted by atomic mass is 9.87. The lowest BCUT2D eigenvalue weighted by Crippen LogP contribution is -2.30. The van der Waals surface area contributed by atoms with E-state index in [0.717, 1.165) is 37.6 Å². The van der Waals surface area contributed by atoms with Gasteiger partial charge in [0.05, 0.1) is 0 Å². The van der Waals surface area contributed by atoms with Crippen LogP contribution < -0.4 is 10.9 Å². The number of hydrogen-bond acceptors (Lipinski definition) is 4. The van der Waals surface area contributed by atoms with E-state index in [1.807, 2.05) is 12.1 Å². The molecule has 0 amide bonds. The minimum Gasteiger partial charge on any atom is -0.481 e. The van der Waals surface area contributed by atoms with Crippen LogP contribution >= 0.6 is 23.2 Å². The molecular weight excluding hydrogens is 355 g/mol. The number of nitrogens with one attached hydrogen (secondary N) is 2. The van der Waals surface area contributed by atoms with Crippen molar-refractivity contribution in [2.75, 3.05) is 6.54 Å². The Kier molecular flexibility index (Phi) is 6.48. The van der Waals surface area contributed by atoms with Gasteiger partial charge in [-0.05, 0) is 43.1 Å². The van der Waals surface area contributed by atoms with Crippen LogP contribution in [0.1, 0.15) is 43.0 Å². The van der Waals surface area contributed by atoms with Crippen molar-refractivity contribution in [2.45, 2.75) is 31.7 Å². The highest BCUT2D eigenvalue weighted by Gasteiger charge is 2.26. The standard InChI is InChI=1S/C14H14Cl2N2O2.C2H4O2/c15-10-3-9(4-11(16)6-10)12-5-8(1-2-17-12)13-7-14(19)18-20-13;1-2(3)4/h3-4,6-8,12,17H,1-2,5H2,(H,18,19);1H3,(H,3,4)/t8-,12+;/m0./s1. The Morgan fingerprint density at radius 1 is 1.25 bits per heavy atom. The molecule has 6 nitrogen and oxygen atoms in total. The van der Waals surface area contributed by atoms with Gasteiger partial charge < -0.3 is 14.9 Å². The molecule has 2 atom stereocenters. The third-order valence-corrected chi connectivity index (χ3v) is 4.07. The minimum atomic E-state index is -0.833. The van der Waals surface area contributed by atoms with Crippen LogP contribution in [-0.4, -0.2) is 22.8 Å². The first-order valence-corrected chi connectivity index (χ1v) is 8.18. The third kappa shape index (κ3) is 5.40. The summed E-state index contributed by atoms with van der Waals surface area (Å²) in [5.41, 5.74) is 0.867. The van der Waals surface area contributed by atoms with E-state index in [1.165, 1.54) is 6.07 Å². The van der Waals surface area contributed by atoms with Gasteiger partial charge in [0.25, 0.3) is 11.5 Å². The van der Waals surface area contributed by atoms with Crippen LogP contribution in [0.15, 0.2) is 33.6 Å². The van der Waals surface area contributed by atoms with Gasteiger partial charge in [-0.3, -0.25) is 9.59 Å². The van der Waals surface area contributed by atoms with Crippen molar-refractivity contribution < 1.29 is 14.4 Å². The van der Waals surface area contributed by atoms with Crippen molar-refractivity contribution in [1.82, 2.24) is 10.5 Å². The molecule has 0 saturated carbocycles. The Morgan fingerprint density at radius 2 is 1.88 bits per heavy atom. The van der Waals surface area contributed by atoms with Crippen molar-refractivity contribution in [3.63, 3.8) is 0 Å². The van der Waals surface area contributed by atoms with E-state index >= 15 is 0 Å². The number of aliphatic carboxylic acids is 1. The van der Waals surface area contributed by atoms with E-state index in [9.17, 15) is 4.79 Å². The molecule has 2 heterocycles. The van der Waals surface area contributed by atoms with Gasteiger partial charge in [0.2, 0.25) is 0 Å². The number of H-pyrrole nitrogens is 1. The molecule has 24 heavy (non-hydrogen) atoms. The van der Waals surface area contributed by atoms with Gasteiger partial charge in [-0.15, -0.1) is 0 Å². The number of aromatic nitrogens is 1. The molecule has 0 bridgehead atoms. The summed E-state index contributed by atoms with van der Waals surface area (Å²) in [5.74, 6) is 0.104. The normalized spacial score (nSPS) is 20.1. The molecule has 0 aliphatic carbocycles. The molecule has 3 rings (SSSR count). The Balaban J connectivity index is 0.000000471. The topological polar surface area (TPSA) is 95.3 Å². The number of hydrogen-bond donors (Lipinski definition) is 3. The Morgan fingerprint density at radius 3 is 2.42 bits per heavy atom. The van der Waals surface area contributed by atoms with Gasteiger partial charge >= 0.3 is 0 Å². The summed E-state index contributed by atoms with van der Waals surface area (Å²) in [6.07, 6.45) is 1.78. The SMILES string of the molecule is CC(=O)O.O=c1cc([C@H]2CCN[C@@H](c3cc(Cl)cc(Cl)c3)C2)o[nH]1. The molecule has 8 heteroatoms. The number of benzene rings is 1. The van der Waals surface area contributed by atoms with Crippen LogP contribution in [-0.2, 0) is 4.79 Å². The molecule has 130 valence electrons. The molecule has 1 aromatic carbocycles. The largest absolute Gasteiger partial charge is 0.481 e. The predicted octanol–water partition coefficient (Wildman–Crippen LogP) is 3.57. The number of rotatable bonds is 2. The molecule has 0 spiro atoms. The first-order valence-electron chi connectivity index (χ1n) is 7.42. The molecule has 1 fully saturated rings. The van der Waals surface area contributed by atoms with Crippen LogP contribution in [0.4, 0.5) is 0 Å². The molecule has 1 aliphatic rings. The van der Waals surface area contributed by atoms with Gasteiger partial charge in [0.1, 0.15) is 5.76 Å². The smallest absolute Gasteiger partial charge is 0.300 e. The Bertz CT molecular complexity index is 732. The molecule has 3 N–H and O–H groups in total. The monoisotopic (exact) mass is 372 g/mol. The first-order chi connectivity index (χ1) is 11.3.